The molecular weight excluding hydrogens is 404 g/mol. The van der Waals surface area contributed by atoms with Crippen LogP contribution in [0.1, 0.15) is 16.5 Å². The summed E-state index contributed by atoms with van der Waals surface area (Å²) in [5.74, 6) is -0.852. The minimum Gasteiger partial charge on any atom is -0.507 e. The number of likely N-dealkylation sites (tertiary alicyclic amines) is 1. The van der Waals surface area contributed by atoms with Crippen molar-refractivity contribution in [1.82, 2.24) is 9.80 Å². The van der Waals surface area contributed by atoms with Crippen molar-refractivity contribution in [2.24, 2.45) is 0 Å². The third kappa shape index (κ3) is 3.98. The van der Waals surface area contributed by atoms with E-state index in [1.807, 2.05) is 17.5 Å². The van der Waals surface area contributed by atoms with E-state index in [4.69, 9.17) is 9.47 Å². The number of aliphatic hydroxyl groups is 1. The third-order valence-corrected chi connectivity index (χ3v) is 6.38. The topological polar surface area (TPSA) is 79.3 Å². The molecule has 0 spiro atoms. The first-order valence-electron chi connectivity index (χ1n) is 9.86. The summed E-state index contributed by atoms with van der Waals surface area (Å²) in [5.41, 5.74) is 0.569. The predicted molar refractivity (Wildman–Crippen MR) is 114 cm³/mol. The van der Waals surface area contributed by atoms with Gasteiger partial charge in [-0.3, -0.25) is 14.5 Å². The van der Waals surface area contributed by atoms with Gasteiger partial charge in [0.05, 0.1) is 31.9 Å². The lowest BCUT2D eigenvalue weighted by Gasteiger charge is -2.30. The third-order valence-electron chi connectivity index (χ3n) is 5.46. The molecule has 0 bridgehead atoms. The summed E-state index contributed by atoms with van der Waals surface area (Å²) in [5, 5.41) is 12.9. The molecular formula is C22H24N2O5S. The molecule has 0 unspecified atom stereocenters. The molecule has 0 aliphatic carbocycles. The smallest absolute Gasteiger partial charge is 0.295 e. The first-order chi connectivity index (χ1) is 14.6. The molecule has 1 N–H and O–H groups in total. The van der Waals surface area contributed by atoms with Crippen LogP contribution in [0.15, 0.2) is 47.4 Å². The van der Waals surface area contributed by atoms with E-state index in [0.29, 0.717) is 37.6 Å². The second-order valence-electron chi connectivity index (χ2n) is 7.19. The van der Waals surface area contributed by atoms with Crippen molar-refractivity contribution in [3.05, 3.63) is 57.8 Å². The Morgan fingerprint density at radius 1 is 1.20 bits per heavy atom. The standard InChI is InChI=1S/C22H24N2O5S/c1-28-16-5-2-4-15(14-16)20(25)18-19(17-6-3-13-30-17)24(22(27)21(18)26)8-7-23-9-11-29-12-10-23/h2-6,13-14,19,25H,7-12H2,1H3/t19-/m0/s1. The zero-order chi connectivity index (χ0) is 21.1. The number of benzene rings is 1. The van der Waals surface area contributed by atoms with E-state index in [1.54, 1.807) is 29.2 Å². The number of ether oxygens (including phenoxy) is 2. The molecule has 2 aliphatic heterocycles. The highest BCUT2D eigenvalue weighted by Crippen LogP contribution is 2.41. The zero-order valence-corrected chi connectivity index (χ0v) is 17.6. The fraction of sp³-hybridized carbons (Fsp3) is 0.364. The predicted octanol–water partition coefficient (Wildman–Crippen LogP) is 2.51. The summed E-state index contributed by atoms with van der Waals surface area (Å²) in [6, 6.07) is 10.0. The van der Waals surface area contributed by atoms with Gasteiger partial charge in [-0.15, -0.1) is 11.3 Å². The quantitative estimate of drug-likeness (QED) is 0.433. The molecule has 1 atom stereocenters. The summed E-state index contributed by atoms with van der Waals surface area (Å²) in [4.78, 5) is 30.5. The average Bonchev–Trinajstić information content (AvgIpc) is 3.40. The van der Waals surface area contributed by atoms with Crippen LogP contribution in [0.25, 0.3) is 5.76 Å². The summed E-state index contributed by atoms with van der Waals surface area (Å²) < 4.78 is 10.6. The Morgan fingerprint density at radius 2 is 2.00 bits per heavy atom. The highest BCUT2D eigenvalue weighted by molar-refractivity contribution is 7.10. The Morgan fingerprint density at radius 3 is 2.70 bits per heavy atom. The lowest BCUT2D eigenvalue weighted by atomic mass is 9.99. The van der Waals surface area contributed by atoms with Gasteiger partial charge < -0.3 is 19.5 Å². The maximum atomic E-state index is 13.0. The number of aliphatic hydroxyl groups excluding tert-OH is 1. The molecule has 2 saturated heterocycles. The Labute approximate surface area is 179 Å². The Kier molecular flexibility index (Phi) is 6.17. The van der Waals surface area contributed by atoms with Crippen molar-refractivity contribution in [2.45, 2.75) is 6.04 Å². The number of Topliss-reactive ketones (excluding diaryl/α,β-unsaturated/α-hetero) is 1. The van der Waals surface area contributed by atoms with Crippen LogP contribution in [0.5, 0.6) is 5.75 Å². The molecule has 1 amide bonds. The number of amides is 1. The molecule has 158 valence electrons. The molecule has 2 fully saturated rings. The molecule has 3 heterocycles. The summed E-state index contributed by atoms with van der Waals surface area (Å²) in [6.45, 7) is 4.00. The van der Waals surface area contributed by atoms with E-state index in [0.717, 1.165) is 18.0 Å². The van der Waals surface area contributed by atoms with Crippen molar-refractivity contribution >= 4 is 28.8 Å². The number of hydrogen-bond donors (Lipinski definition) is 1. The monoisotopic (exact) mass is 428 g/mol. The highest BCUT2D eigenvalue weighted by Gasteiger charge is 2.46. The number of methoxy groups -OCH3 is 1. The molecule has 1 aromatic heterocycles. The number of hydrogen-bond acceptors (Lipinski definition) is 7. The average molecular weight is 429 g/mol. The zero-order valence-electron chi connectivity index (χ0n) is 16.7. The Bertz CT molecular complexity index is 950. The van der Waals surface area contributed by atoms with Gasteiger partial charge in [-0.25, -0.2) is 0 Å². The van der Waals surface area contributed by atoms with E-state index >= 15 is 0 Å². The highest BCUT2D eigenvalue weighted by atomic mass is 32.1. The largest absolute Gasteiger partial charge is 0.507 e. The normalized spacial score (nSPS) is 21.9. The first kappa shape index (κ1) is 20.6. The van der Waals surface area contributed by atoms with Gasteiger partial charge in [-0.2, -0.15) is 0 Å². The van der Waals surface area contributed by atoms with Crippen LogP contribution in [-0.2, 0) is 14.3 Å². The molecule has 30 heavy (non-hydrogen) atoms. The number of carbonyl (C=O) groups is 2. The van der Waals surface area contributed by atoms with Crippen molar-refractivity contribution in [3.8, 4) is 5.75 Å². The molecule has 2 aromatic rings. The summed E-state index contributed by atoms with van der Waals surface area (Å²) in [6.07, 6.45) is 0. The summed E-state index contributed by atoms with van der Waals surface area (Å²) >= 11 is 1.46. The Hall–Kier alpha value is -2.68. The van der Waals surface area contributed by atoms with Crippen LogP contribution in [0.4, 0.5) is 0 Å². The van der Waals surface area contributed by atoms with Crippen molar-refractivity contribution in [1.29, 1.82) is 0 Å². The van der Waals surface area contributed by atoms with Gasteiger partial charge in [0.25, 0.3) is 11.7 Å². The van der Waals surface area contributed by atoms with Crippen LogP contribution < -0.4 is 4.74 Å². The van der Waals surface area contributed by atoms with Crippen molar-refractivity contribution in [2.75, 3.05) is 46.5 Å². The maximum absolute atomic E-state index is 13.0. The van der Waals surface area contributed by atoms with Gasteiger partial charge in [0, 0.05) is 36.6 Å². The van der Waals surface area contributed by atoms with Crippen molar-refractivity contribution in [3.63, 3.8) is 0 Å². The van der Waals surface area contributed by atoms with Gasteiger partial charge in [0.15, 0.2) is 0 Å². The van der Waals surface area contributed by atoms with Gasteiger partial charge in [-0.05, 0) is 23.6 Å². The minimum absolute atomic E-state index is 0.123. The summed E-state index contributed by atoms with van der Waals surface area (Å²) in [7, 11) is 1.54. The van der Waals surface area contributed by atoms with Gasteiger partial charge in [-0.1, -0.05) is 18.2 Å². The van der Waals surface area contributed by atoms with E-state index in [2.05, 4.69) is 4.90 Å². The van der Waals surface area contributed by atoms with Gasteiger partial charge in [0.1, 0.15) is 11.5 Å². The lowest BCUT2D eigenvalue weighted by molar-refractivity contribution is -0.140. The van der Waals surface area contributed by atoms with Crippen LogP contribution in [-0.4, -0.2) is 73.1 Å². The van der Waals surface area contributed by atoms with E-state index < -0.39 is 17.7 Å². The molecule has 0 radical (unpaired) electrons. The van der Waals surface area contributed by atoms with Gasteiger partial charge >= 0.3 is 0 Å². The number of carbonyl (C=O) groups excluding carboxylic acids is 2. The van der Waals surface area contributed by atoms with Crippen molar-refractivity contribution < 1.29 is 24.2 Å². The van der Waals surface area contributed by atoms with E-state index in [-0.39, 0.29) is 11.3 Å². The number of rotatable bonds is 6. The van der Waals surface area contributed by atoms with Crippen LogP contribution in [0.3, 0.4) is 0 Å². The molecule has 7 nitrogen and oxygen atoms in total. The van der Waals surface area contributed by atoms with E-state index in [9.17, 15) is 14.7 Å². The maximum Gasteiger partial charge on any atom is 0.295 e. The molecule has 8 heteroatoms. The van der Waals surface area contributed by atoms with Crippen LogP contribution >= 0.6 is 11.3 Å². The second kappa shape index (κ2) is 8.99. The second-order valence-corrected chi connectivity index (χ2v) is 8.17. The molecule has 0 saturated carbocycles. The fourth-order valence-electron chi connectivity index (χ4n) is 3.85. The SMILES string of the molecule is COc1cccc(C(O)=C2C(=O)C(=O)N(CCN3CCOCC3)[C@H]2c2cccs2)c1. The lowest BCUT2D eigenvalue weighted by Crippen LogP contribution is -2.42. The fourth-order valence-corrected chi connectivity index (χ4v) is 4.70. The molecule has 4 rings (SSSR count). The Balaban J connectivity index is 1.69. The van der Waals surface area contributed by atoms with Crippen LogP contribution in [0.2, 0.25) is 0 Å². The number of nitrogens with zero attached hydrogens (tertiary/aromatic N) is 2. The number of thiophene rings is 1. The number of ketones is 1. The molecule has 1 aromatic carbocycles. The van der Waals surface area contributed by atoms with Crippen LogP contribution in [0, 0.1) is 0 Å². The minimum atomic E-state index is -0.657. The van der Waals surface area contributed by atoms with E-state index in [1.165, 1.54) is 18.4 Å². The molecule has 2 aliphatic rings. The first-order valence-corrected chi connectivity index (χ1v) is 10.7. The van der Waals surface area contributed by atoms with Gasteiger partial charge in [0.2, 0.25) is 0 Å². The number of morpholine rings is 1.